The van der Waals surface area contributed by atoms with E-state index in [1.54, 1.807) is 0 Å². The summed E-state index contributed by atoms with van der Waals surface area (Å²) in [6.45, 7) is 0.588. The third-order valence-electron chi connectivity index (χ3n) is 2.49. The van der Waals surface area contributed by atoms with Gasteiger partial charge in [0.25, 0.3) is 0 Å². The van der Waals surface area contributed by atoms with Gasteiger partial charge in [0.05, 0.1) is 13.3 Å². The molecule has 2 atom stereocenters. The van der Waals surface area contributed by atoms with Gasteiger partial charge in [0.15, 0.2) is 0 Å². The molecule has 0 bridgehead atoms. The van der Waals surface area contributed by atoms with Crippen LogP contribution in [0.25, 0.3) is 0 Å². The SMILES string of the molecule is COC(=O)C1CC(CP(=O)(O)O)CCN1. The van der Waals surface area contributed by atoms with Gasteiger partial charge in [-0.15, -0.1) is 0 Å². The molecule has 1 saturated heterocycles. The molecule has 0 aromatic rings. The van der Waals surface area contributed by atoms with Crippen LogP contribution in [0.15, 0.2) is 0 Å². The summed E-state index contributed by atoms with van der Waals surface area (Å²) in [5.74, 6) is -0.485. The van der Waals surface area contributed by atoms with Gasteiger partial charge in [0, 0.05) is 0 Å². The standard InChI is InChI=1S/C8H16NO5P/c1-14-8(10)7-4-6(2-3-9-7)5-15(11,12)13/h6-7,9H,2-5H2,1H3,(H2,11,12,13). The van der Waals surface area contributed by atoms with E-state index in [1.807, 2.05) is 0 Å². The Kier molecular flexibility index (Phi) is 4.28. The van der Waals surface area contributed by atoms with Crippen molar-refractivity contribution in [3.8, 4) is 0 Å². The third kappa shape index (κ3) is 4.30. The summed E-state index contributed by atoms with van der Waals surface area (Å²) < 4.78 is 15.4. The van der Waals surface area contributed by atoms with E-state index < -0.39 is 13.6 Å². The third-order valence-corrected chi connectivity index (χ3v) is 3.49. The molecular weight excluding hydrogens is 221 g/mol. The van der Waals surface area contributed by atoms with Gasteiger partial charge in [-0.05, 0) is 25.3 Å². The number of esters is 1. The molecule has 0 saturated carbocycles. The lowest BCUT2D eigenvalue weighted by molar-refractivity contribution is -0.144. The van der Waals surface area contributed by atoms with Crippen molar-refractivity contribution in [3.05, 3.63) is 0 Å². The predicted molar refractivity (Wildman–Crippen MR) is 53.4 cm³/mol. The Morgan fingerprint density at radius 3 is 2.80 bits per heavy atom. The molecule has 1 aliphatic heterocycles. The van der Waals surface area contributed by atoms with Crippen molar-refractivity contribution < 1.29 is 23.9 Å². The minimum atomic E-state index is -3.98. The molecule has 0 amide bonds. The second kappa shape index (κ2) is 5.07. The number of ether oxygens (including phenoxy) is 1. The highest BCUT2D eigenvalue weighted by atomic mass is 31.2. The van der Waals surface area contributed by atoms with Gasteiger partial charge in [-0.1, -0.05) is 0 Å². The molecule has 0 aromatic carbocycles. The van der Waals surface area contributed by atoms with Crippen LogP contribution in [0.1, 0.15) is 12.8 Å². The van der Waals surface area contributed by atoms with Crippen molar-refractivity contribution in [1.82, 2.24) is 5.32 Å². The quantitative estimate of drug-likeness (QED) is 0.461. The topological polar surface area (TPSA) is 95.9 Å². The Bertz CT molecular complexity index is 276. The average Bonchev–Trinajstić information content (AvgIpc) is 2.14. The molecule has 88 valence electrons. The highest BCUT2D eigenvalue weighted by Crippen LogP contribution is 2.39. The zero-order valence-electron chi connectivity index (χ0n) is 8.55. The first-order valence-corrected chi connectivity index (χ1v) is 6.58. The van der Waals surface area contributed by atoms with E-state index >= 15 is 0 Å². The van der Waals surface area contributed by atoms with Gasteiger partial charge < -0.3 is 19.8 Å². The molecule has 0 aromatic heterocycles. The van der Waals surface area contributed by atoms with Crippen LogP contribution in [-0.2, 0) is 14.1 Å². The van der Waals surface area contributed by atoms with Crippen LogP contribution in [0, 0.1) is 5.92 Å². The number of carbonyl (C=O) groups excluding carboxylic acids is 1. The van der Waals surface area contributed by atoms with Crippen molar-refractivity contribution in [2.45, 2.75) is 18.9 Å². The van der Waals surface area contributed by atoms with Crippen LogP contribution < -0.4 is 5.32 Å². The molecule has 3 N–H and O–H groups in total. The molecule has 15 heavy (non-hydrogen) atoms. The molecular formula is C8H16NO5P. The first kappa shape index (κ1) is 12.6. The molecule has 1 aliphatic rings. The summed E-state index contributed by atoms with van der Waals surface area (Å²) in [7, 11) is -2.68. The number of carbonyl (C=O) groups is 1. The van der Waals surface area contributed by atoms with Gasteiger partial charge in [-0.25, -0.2) is 0 Å². The predicted octanol–water partition coefficient (Wildman–Crippen LogP) is -0.295. The van der Waals surface area contributed by atoms with Gasteiger partial charge >= 0.3 is 13.6 Å². The van der Waals surface area contributed by atoms with Crippen molar-refractivity contribution in [3.63, 3.8) is 0 Å². The van der Waals surface area contributed by atoms with Crippen LogP contribution in [0.3, 0.4) is 0 Å². The summed E-state index contributed by atoms with van der Waals surface area (Å²) in [4.78, 5) is 28.9. The van der Waals surface area contributed by atoms with Gasteiger partial charge in [0.1, 0.15) is 6.04 Å². The maximum Gasteiger partial charge on any atom is 0.325 e. The normalized spacial score (nSPS) is 27.4. The van der Waals surface area contributed by atoms with Crippen LogP contribution in [0.5, 0.6) is 0 Å². The maximum absolute atomic E-state index is 11.2. The monoisotopic (exact) mass is 237 g/mol. The van der Waals surface area contributed by atoms with E-state index in [9.17, 15) is 9.36 Å². The smallest absolute Gasteiger partial charge is 0.325 e. The summed E-state index contributed by atoms with van der Waals surface area (Å²) >= 11 is 0. The van der Waals surface area contributed by atoms with E-state index in [1.165, 1.54) is 7.11 Å². The average molecular weight is 237 g/mol. The van der Waals surface area contributed by atoms with E-state index in [2.05, 4.69) is 10.1 Å². The fraction of sp³-hybridized carbons (Fsp3) is 0.875. The lowest BCUT2D eigenvalue weighted by Gasteiger charge is -2.28. The van der Waals surface area contributed by atoms with Gasteiger partial charge in [-0.2, -0.15) is 0 Å². The Morgan fingerprint density at radius 2 is 2.27 bits per heavy atom. The van der Waals surface area contributed by atoms with Crippen LogP contribution in [0.4, 0.5) is 0 Å². The van der Waals surface area contributed by atoms with E-state index in [0.29, 0.717) is 19.4 Å². The highest BCUT2D eigenvalue weighted by Gasteiger charge is 2.31. The summed E-state index contributed by atoms with van der Waals surface area (Å²) in [6, 6.07) is -0.430. The van der Waals surface area contributed by atoms with Crippen molar-refractivity contribution in [1.29, 1.82) is 0 Å². The molecule has 0 radical (unpaired) electrons. The molecule has 2 unspecified atom stereocenters. The number of piperidine rings is 1. The van der Waals surface area contributed by atoms with Gasteiger partial charge in [-0.3, -0.25) is 9.36 Å². The van der Waals surface area contributed by atoms with Crippen LogP contribution >= 0.6 is 7.60 Å². The molecule has 1 rings (SSSR count). The zero-order valence-corrected chi connectivity index (χ0v) is 9.44. The number of rotatable bonds is 3. The fourth-order valence-electron chi connectivity index (χ4n) is 1.82. The second-order valence-electron chi connectivity index (χ2n) is 3.77. The highest BCUT2D eigenvalue weighted by molar-refractivity contribution is 7.51. The van der Waals surface area contributed by atoms with Gasteiger partial charge in [0.2, 0.25) is 0 Å². The minimum Gasteiger partial charge on any atom is -0.468 e. The Morgan fingerprint density at radius 1 is 1.60 bits per heavy atom. The first-order valence-electron chi connectivity index (χ1n) is 4.78. The second-order valence-corrected chi connectivity index (χ2v) is 5.46. The number of hydrogen-bond acceptors (Lipinski definition) is 4. The molecule has 6 nitrogen and oxygen atoms in total. The zero-order chi connectivity index (χ0) is 11.5. The molecule has 0 aliphatic carbocycles. The van der Waals surface area contributed by atoms with E-state index in [0.717, 1.165) is 0 Å². The Hall–Kier alpha value is -0.420. The largest absolute Gasteiger partial charge is 0.468 e. The molecule has 1 fully saturated rings. The molecule has 7 heteroatoms. The Balaban J connectivity index is 2.49. The van der Waals surface area contributed by atoms with E-state index in [4.69, 9.17) is 9.79 Å². The molecule has 1 heterocycles. The maximum atomic E-state index is 11.2. The number of methoxy groups -OCH3 is 1. The minimum absolute atomic E-state index is 0.115. The van der Waals surface area contributed by atoms with Crippen LogP contribution in [0.2, 0.25) is 0 Å². The van der Waals surface area contributed by atoms with Crippen molar-refractivity contribution in [2.75, 3.05) is 19.8 Å². The molecule has 0 spiro atoms. The van der Waals surface area contributed by atoms with E-state index in [-0.39, 0.29) is 18.0 Å². The number of hydrogen-bond donors (Lipinski definition) is 3. The first-order chi connectivity index (χ1) is 6.92. The number of nitrogens with one attached hydrogen (secondary N) is 1. The Labute approximate surface area is 88.2 Å². The van der Waals surface area contributed by atoms with Crippen molar-refractivity contribution >= 4 is 13.6 Å². The fourth-order valence-corrected chi connectivity index (χ4v) is 2.82. The lowest BCUT2D eigenvalue weighted by Crippen LogP contribution is -2.44. The summed E-state index contributed by atoms with van der Waals surface area (Å²) in [5, 5.41) is 2.96. The lowest BCUT2D eigenvalue weighted by atomic mass is 9.94. The summed E-state index contributed by atoms with van der Waals surface area (Å²) in [5.41, 5.74) is 0. The van der Waals surface area contributed by atoms with Crippen molar-refractivity contribution in [2.24, 2.45) is 5.92 Å². The van der Waals surface area contributed by atoms with Crippen LogP contribution in [-0.4, -0.2) is 41.6 Å². The summed E-state index contributed by atoms with van der Waals surface area (Å²) in [6.07, 6.45) is 0.957.